The summed E-state index contributed by atoms with van der Waals surface area (Å²) in [6, 6.07) is 40.1. The standard InChI is InChI=1S/C43H35N5O.CH4.Pt/c1-42(2,3)28-17-19-45-40(22-28)47-35-13-9-7-11-31(35)33-16-15-30(24-37(33)47)49-39-25-38-34(21-27(39)26-44)32-12-8-10-14-36(32)48(38)41-23-29(18-20-46-41)43(4,5)6;;/h7-23H,1-6H3;1H4;/q-2;;+2. The van der Waals surface area contributed by atoms with Gasteiger partial charge in [0.2, 0.25) is 0 Å². The van der Waals surface area contributed by atoms with Crippen molar-refractivity contribution in [2.75, 3.05) is 0 Å². The Bertz CT molecular complexity index is 2630. The smallest absolute Gasteiger partial charge is 0.508 e. The molecule has 0 amide bonds. The molecule has 0 fully saturated rings. The number of pyridine rings is 2. The number of nitrogens with zero attached hydrogens (tertiary/aromatic N) is 5. The number of aromatic nitrogens is 4. The minimum absolute atomic E-state index is 0. The molecule has 0 aliphatic carbocycles. The molecule has 0 radical (unpaired) electrons. The molecule has 0 spiro atoms. The summed E-state index contributed by atoms with van der Waals surface area (Å²) in [5.74, 6) is 2.41. The van der Waals surface area contributed by atoms with Gasteiger partial charge in [-0.2, -0.15) is 6.07 Å². The predicted molar refractivity (Wildman–Crippen MR) is 204 cm³/mol. The Morgan fingerprint density at radius 1 is 0.627 bits per heavy atom. The molecule has 0 N–H and O–H groups in total. The van der Waals surface area contributed by atoms with Crippen molar-refractivity contribution in [3.05, 3.63) is 132 Å². The topological polar surface area (TPSA) is 68.7 Å². The number of ether oxygens (including phenoxy) is 1. The SMILES string of the molecule is C.CC(C)(C)c1ccnc(-n2c3[c-]c(Oc4[c-]c5c(cc4C#N)c4ccccc4n5-c4cc(C(C)(C)C)ccn4)ccc3c3ccccc32)c1.[Pt+2]. The minimum atomic E-state index is -0.0526. The van der Waals surface area contributed by atoms with E-state index in [1.807, 2.05) is 48.8 Å². The summed E-state index contributed by atoms with van der Waals surface area (Å²) in [5, 5.41) is 14.4. The van der Waals surface area contributed by atoms with Gasteiger partial charge in [-0.05, 0) is 74.7 Å². The zero-order valence-corrected chi connectivity index (χ0v) is 31.0. The number of rotatable bonds is 4. The monoisotopic (exact) mass is 848 g/mol. The van der Waals surface area contributed by atoms with Gasteiger partial charge in [-0.1, -0.05) is 96.4 Å². The van der Waals surface area contributed by atoms with E-state index < -0.39 is 0 Å². The Kier molecular flexibility index (Phi) is 9.17. The number of hydrogen-bond donors (Lipinski definition) is 0. The fourth-order valence-corrected chi connectivity index (χ4v) is 6.62. The summed E-state index contributed by atoms with van der Waals surface area (Å²) in [6.45, 7) is 13.2. The number of fused-ring (bicyclic) bond motifs is 6. The van der Waals surface area contributed by atoms with Crippen molar-refractivity contribution < 1.29 is 25.8 Å². The van der Waals surface area contributed by atoms with E-state index in [0.717, 1.165) is 55.2 Å². The van der Waals surface area contributed by atoms with Crippen molar-refractivity contribution in [1.82, 2.24) is 19.1 Å². The van der Waals surface area contributed by atoms with Gasteiger partial charge >= 0.3 is 21.1 Å². The van der Waals surface area contributed by atoms with Crippen LogP contribution in [0.25, 0.3) is 55.2 Å². The Morgan fingerprint density at radius 2 is 1.14 bits per heavy atom. The number of para-hydroxylation sites is 2. The van der Waals surface area contributed by atoms with Gasteiger partial charge in [-0.3, -0.25) is 0 Å². The Labute approximate surface area is 313 Å². The van der Waals surface area contributed by atoms with E-state index in [9.17, 15) is 5.26 Å². The van der Waals surface area contributed by atoms with E-state index in [1.165, 1.54) is 11.1 Å². The maximum absolute atomic E-state index is 10.3. The third-order valence-corrected chi connectivity index (χ3v) is 9.25. The number of nitriles is 1. The summed E-state index contributed by atoms with van der Waals surface area (Å²) in [6.07, 6.45) is 3.72. The summed E-state index contributed by atoms with van der Waals surface area (Å²) >= 11 is 0. The summed E-state index contributed by atoms with van der Waals surface area (Å²) < 4.78 is 10.8. The van der Waals surface area contributed by atoms with Gasteiger partial charge in [-0.15, -0.1) is 35.0 Å². The van der Waals surface area contributed by atoms with Crippen LogP contribution in [0.2, 0.25) is 0 Å². The van der Waals surface area contributed by atoms with Gasteiger partial charge in [0.15, 0.2) is 0 Å². The van der Waals surface area contributed by atoms with Gasteiger partial charge in [0, 0.05) is 41.0 Å². The van der Waals surface area contributed by atoms with Gasteiger partial charge in [0.25, 0.3) is 0 Å². The second kappa shape index (κ2) is 13.1. The number of hydrogen-bond acceptors (Lipinski definition) is 4. The summed E-state index contributed by atoms with van der Waals surface area (Å²) in [7, 11) is 0. The third kappa shape index (κ3) is 6.11. The van der Waals surface area contributed by atoms with Gasteiger partial charge in [0.1, 0.15) is 11.6 Å². The second-order valence-corrected chi connectivity index (χ2v) is 14.6. The average molecular weight is 849 g/mol. The molecule has 6 nitrogen and oxygen atoms in total. The van der Waals surface area contributed by atoms with Crippen molar-refractivity contribution in [3.8, 4) is 29.2 Å². The van der Waals surface area contributed by atoms with Crippen LogP contribution in [0.5, 0.6) is 11.5 Å². The molecule has 0 aliphatic heterocycles. The average Bonchev–Trinajstić information content (AvgIpc) is 3.59. The maximum Gasteiger partial charge on any atom is 2.00 e. The molecule has 4 aromatic heterocycles. The molecule has 0 aliphatic rings. The normalized spacial score (nSPS) is 11.8. The second-order valence-electron chi connectivity index (χ2n) is 14.6. The van der Waals surface area contributed by atoms with Crippen molar-refractivity contribution in [2.45, 2.75) is 59.8 Å². The van der Waals surface area contributed by atoms with E-state index in [4.69, 9.17) is 14.7 Å². The van der Waals surface area contributed by atoms with Crippen LogP contribution in [0.3, 0.4) is 0 Å². The molecule has 0 atom stereocenters. The fraction of sp³-hybridized carbons (Fsp3) is 0.205. The predicted octanol–water partition coefficient (Wildman–Crippen LogP) is 11.2. The Hall–Kier alpha value is -5.24. The molecule has 51 heavy (non-hydrogen) atoms. The van der Waals surface area contributed by atoms with Crippen LogP contribution in [0.1, 0.15) is 65.7 Å². The van der Waals surface area contributed by atoms with Crippen LogP contribution in [-0.2, 0) is 31.9 Å². The third-order valence-electron chi connectivity index (χ3n) is 9.25. The van der Waals surface area contributed by atoms with E-state index >= 15 is 0 Å². The molecule has 0 saturated carbocycles. The minimum Gasteiger partial charge on any atom is -0.508 e. The molecule has 256 valence electrons. The van der Waals surface area contributed by atoms with E-state index in [-0.39, 0.29) is 39.3 Å². The van der Waals surface area contributed by atoms with E-state index in [2.05, 4.69) is 123 Å². The zero-order chi connectivity index (χ0) is 34.1. The first-order chi connectivity index (χ1) is 23.5. The molecular weight excluding hydrogens is 810 g/mol. The Morgan fingerprint density at radius 3 is 1.67 bits per heavy atom. The van der Waals surface area contributed by atoms with Gasteiger partial charge in [-0.25, -0.2) is 15.2 Å². The van der Waals surface area contributed by atoms with Crippen LogP contribution in [-0.4, -0.2) is 19.1 Å². The van der Waals surface area contributed by atoms with E-state index in [0.29, 0.717) is 17.1 Å². The fourth-order valence-electron chi connectivity index (χ4n) is 6.62. The molecule has 4 aromatic carbocycles. The molecule has 4 heterocycles. The van der Waals surface area contributed by atoms with Crippen LogP contribution >= 0.6 is 0 Å². The molecule has 7 heteroatoms. The van der Waals surface area contributed by atoms with Crippen LogP contribution in [0, 0.1) is 23.5 Å². The Balaban J connectivity index is 0.00000224. The summed E-state index contributed by atoms with van der Waals surface area (Å²) in [4.78, 5) is 9.58. The quantitative estimate of drug-likeness (QED) is 0.165. The van der Waals surface area contributed by atoms with Crippen molar-refractivity contribution >= 4 is 43.6 Å². The molecular formula is C44H39N5OPt. The maximum atomic E-state index is 10.3. The zero-order valence-electron chi connectivity index (χ0n) is 28.8. The molecule has 8 aromatic rings. The largest absolute Gasteiger partial charge is 2.00 e. The van der Waals surface area contributed by atoms with Crippen LogP contribution in [0.4, 0.5) is 0 Å². The summed E-state index contributed by atoms with van der Waals surface area (Å²) in [5.41, 5.74) is 6.30. The first kappa shape index (κ1) is 35.6. The van der Waals surface area contributed by atoms with Crippen molar-refractivity contribution in [1.29, 1.82) is 5.26 Å². The molecule has 0 bridgehead atoms. The first-order valence-corrected chi connectivity index (χ1v) is 16.5. The van der Waals surface area contributed by atoms with Crippen LogP contribution in [0.15, 0.2) is 103 Å². The van der Waals surface area contributed by atoms with E-state index in [1.54, 1.807) is 0 Å². The van der Waals surface area contributed by atoms with Crippen molar-refractivity contribution in [2.24, 2.45) is 0 Å². The van der Waals surface area contributed by atoms with Gasteiger partial charge in [0.05, 0.1) is 0 Å². The van der Waals surface area contributed by atoms with Crippen LogP contribution < -0.4 is 4.74 Å². The van der Waals surface area contributed by atoms with Crippen molar-refractivity contribution in [3.63, 3.8) is 0 Å². The van der Waals surface area contributed by atoms with Gasteiger partial charge < -0.3 is 13.9 Å². The molecule has 0 unspecified atom stereocenters. The molecule has 0 saturated heterocycles. The molecule has 8 rings (SSSR count). The number of benzene rings is 4. The first-order valence-electron chi connectivity index (χ1n) is 16.5.